The summed E-state index contributed by atoms with van der Waals surface area (Å²) in [5.74, 6) is -2.20. The lowest BCUT2D eigenvalue weighted by Gasteiger charge is -2.27. The van der Waals surface area contributed by atoms with Gasteiger partial charge in [-0.3, -0.25) is 0 Å². The topological polar surface area (TPSA) is 408 Å². The molecule has 0 aliphatic heterocycles. The summed E-state index contributed by atoms with van der Waals surface area (Å²) in [6, 6.07) is 12.8. The fraction of sp³-hybridized carbons (Fsp3) is 0.465. The molecule has 35 heteroatoms. The number of methoxy groups -OCH3 is 1. The lowest BCUT2D eigenvalue weighted by Crippen LogP contribution is -2.36. The van der Waals surface area contributed by atoms with Crippen LogP contribution in [-0.2, 0) is 72.6 Å². The van der Waals surface area contributed by atoms with Gasteiger partial charge in [0.05, 0.1) is 51.6 Å². The van der Waals surface area contributed by atoms with Crippen molar-refractivity contribution in [1.29, 1.82) is 0 Å². The van der Waals surface area contributed by atoms with E-state index in [1.165, 1.54) is 62.0 Å². The smallest absolute Gasteiger partial charge is 0.493 e. The van der Waals surface area contributed by atoms with Crippen LogP contribution in [-0.4, -0.2) is 175 Å². The van der Waals surface area contributed by atoms with Gasteiger partial charge in [-0.15, -0.1) is 30.3 Å². The Kier molecular flexibility index (Phi) is 25.6. The molecule has 0 bridgehead atoms. The molecule has 0 unspecified atom stereocenters. The Bertz CT molecular complexity index is 2670. The van der Waals surface area contributed by atoms with Crippen LogP contribution in [0.1, 0.15) is 19.4 Å². The molecule has 2 heterocycles. The molecule has 0 N–H and O–H groups in total. The van der Waals surface area contributed by atoms with E-state index < -0.39 is 105 Å². The third kappa shape index (κ3) is 21.7. The van der Waals surface area contributed by atoms with E-state index in [4.69, 9.17) is 56.8 Å². The molecule has 0 aliphatic carbocycles. The van der Waals surface area contributed by atoms with Gasteiger partial charge < -0.3 is 71.4 Å². The largest absolute Gasteiger partial charge is 0.510 e. The molecule has 0 amide bonds. The lowest BCUT2D eigenvalue weighted by atomic mass is 9.86. The number of nitrogens with zero attached hydrogens (tertiary/aromatic N) is 8. The zero-order valence-electron chi connectivity index (χ0n) is 41.8. The number of carbonyl (C=O) groups excluding carboxylic acids is 3. The van der Waals surface area contributed by atoms with Crippen molar-refractivity contribution in [1.82, 2.24) is 19.9 Å². The molecular formula is C43H52N8O26S. The minimum atomic E-state index is -4.99. The van der Waals surface area contributed by atoms with Gasteiger partial charge in [-0.1, -0.05) is 38.1 Å². The maximum absolute atomic E-state index is 15.1. The van der Waals surface area contributed by atoms with E-state index in [1.54, 1.807) is 26.0 Å². The number of sulfonamides is 1. The second-order valence-electron chi connectivity index (χ2n) is 15.2. The van der Waals surface area contributed by atoms with E-state index in [0.717, 1.165) is 0 Å². The Morgan fingerprint density at radius 3 is 1.56 bits per heavy atom. The second kappa shape index (κ2) is 32.5. The van der Waals surface area contributed by atoms with Crippen LogP contribution in [0.25, 0.3) is 11.6 Å². The molecule has 4 aromatic rings. The van der Waals surface area contributed by atoms with Gasteiger partial charge >= 0.3 is 18.5 Å². The van der Waals surface area contributed by atoms with E-state index in [0.29, 0.717) is 9.87 Å². The van der Waals surface area contributed by atoms with Gasteiger partial charge in [0.2, 0.25) is 11.6 Å². The van der Waals surface area contributed by atoms with Crippen molar-refractivity contribution >= 4 is 34.3 Å². The standard InChI is InChI=1S/C43H52N8O26S/c1-43(2,29-72-41(53)69-22-16-65-19-27-75-50(57)58)31-9-11-32(12-10-31)78(61,62)48(30-73-42(54)70-23-17-66-20-28-76-51(59)60)38-35(77-34-8-5-4-7-33(34)63-3)39(47-37(46-38)36-44-13-6-14-45-36)67-24-25-71-40(52)68-21-15-64-18-26-74-49(55)56/h4-14H,15-30H2,1-3H3. The van der Waals surface area contributed by atoms with E-state index in [1.807, 2.05) is 0 Å². The fourth-order valence-electron chi connectivity index (χ4n) is 5.74. The van der Waals surface area contributed by atoms with Crippen LogP contribution in [0, 0.1) is 30.3 Å². The first-order chi connectivity index (χ1) is 37.4. The summed E-state index contributed by atoms with van der Waals surface area (Å²) < 4.78 is 94.5. The molecule has 0 saturated carbocycles. The molecule has 0 spiro atoms. The Balaban J connectivity index is 1.69. The molecule has 2 aromatic heterocycles. The summed E-state index contributed by atoms with van der Waals surface area (Å²) in [6.07, 6.45) is -0.992. The molecule has 2 aromatic carbocycles. The Hall–Kier alpha value is -8.96. The molecule has 0 aliphatic rings. The van der Waals surface area contributed by atoms with Gasteiger partial charge in [0, 0.05) is 17.8 Å². The molecule has 0 atom stereocenters. The second-order valence-corrected chi connectivity index (χ2v) is 17.0. The summed E-state index contributed by atoms with van der Waals surface area (Å²) in [5, 5.41) is 28.0. The quantitative estimate of drug-likeness (QED) is 0.0155. The summed E-state index contributed by atoms with van der Waals surface area (Å²) in [7, 11) is -3.66. The Morgan fingerprint density at radius 1 is 0.577 bits per heavy atom. The van der Waals surface area contributed by atoms with Gasteiger partial charge in [-0.25, -0.2) is 42.1 Å². The first kappa shape index (κ1) is 61.6. The SMILES string of the molecule is COc1ccccc1Oc1c(OCCOC(=O)OCCOCCO[N+](=O)[O-])nc(-c2ncccn2)nc1N(COC(=O)OCCOCCO[N+](=O)[O-])S(=O)(=O)c1ccc(C(C)(C)COC(=O)OCCOCCO[N+](=O)[O-])cc1. The van der Waals surface area contributed by atoms with Crippen molar-refractivity contribution in [2.45, 2.75) is 24.2 Å². The van der Waals surface area contributed by atoms with Crippen molar-refractivity contribution in [3.8, 4) is 34.8 Å². The highest BCUT2D eigenvalue weighted by Crippen LogP contribution is 2.44. The van der Waals surface area contributed by atoms with Crippen LogP contribution in [0.2, 0.25) is 0 Å². The van der Waals surface area contributed by atoms with Crippen molar-refractivity contribution in [2.24, 2.45) is 0 Å². The van der Waals surface area contributed by atoms with E-state index >= 15 is 8.42 Å². The first-order valence-corrected chi connectivity index (χ1v) is 24.1. The molecule has 426 valence electrons. The summed E-state index contributed by atoms with van der Waals surface area (Å²) in [5.41, 5.74) is -0.512. The highest BCUT2D eigenvalue weighted by Gasteiger charge is 2.35. The highest BCUT2D eigenvalue weighted by atomic mass is 32.2. The monoisotopic (exact) mass is 1130 g/mol. The minimum Gasteiger partial charge on any atom is -0.493 e. The number of carbonyl (C=O) groups is 3. The maximum Gasteiger partial charge on any atom is 0.510 e. The maximum atomic E-state index is 15.1. The molecule has 0 saturated heterocycles. The van der Waals surface area contributed by atoms with Gasteiger partial charge in [0.15, 0.2) is 29.9 Å². The minimum absolute atomic E-state index is 0.0435. The van der Waals surface area contributed by atoms with Crippen molar-refractivity contribution in [3.63, 3.8) is 0 Å². The van der Waals surface area contributed by atoms with Crippen LogP contribution in [0.5, 0.6) is 23.1 Å². The number of hydrogen-bond acceptors (Lipinski definition) is 30. The van der Waals surface area contributed by atoms with E-state index in [9.17, 15) is 44.7 Å². The Labute approximate surface area is 441 Å². The van der Waals surface area contributed by atoms with Crippen molar-refractivity contribution < 1.29 is 109 Å². The summed E-state index contributed by atoms with van der Waals surface area (Å²) >= 11 is 0. The average Bonchev–Trinajstić information content (AvgIpc) is 3.47. The van der Waals surface area contributed by atoms with Gasteiger partial charge in [0.1, 0.15) is 59.5 Å². The molecule has 78 heavy (non-hydrogen) atoms. The van der Waals surface area contributed by atoms with Gasteiger partial charge in [-0.05, 0) is 35.9 Å². The van der Waals surface area contributed by atoms with Crippen molar-refractivity contribution in [2.75, 3.05) is 117 Å². The third-order valence-corrected chi connectivity index (χ3v) is 11.1. The molecular weight excluding hydrogens is 1080 g/mol. The molecule has 34 nitrogen and oxygen atoms in total. The predicted molar refractivity (Wildman–Crippen MR) is 254 cm³/mol. The average molecular weight is 1130 g/mol. The molecule has 0 fully saturated rings. The lowest BCUT2D eigenvalue weighted by molar-refractivity contribution is -0.758. The first-order valence-electron chi connectivity index (χ1n) is 22.6. The number of anilines is 1. The number of rotatable bonds is 37. The van der Waals surface area contributed by atoms with E-state index in [-0.39, 0.29) is 95.8 Å². The van der Waals surface area contributed by atoms with Gasteiger partial charge in [-0.2, -0.15) is 4.98 Å². The molecule has 4 rings (SSSR count). The van der Waals surface area contributed by atoms with E-state index in [2.05, 4.69) is 34.4 Å². The predicted octanol–water partition coefficient (Wildman–Crippen LogP) is 3.68. The molecule has 0 radical (unpaired) electrons. The third-order valence-electron chi connectivity index (χ3n) is 9.33. The number of hydrogen-bond donors (Lipinski definition) is 0. The van der Waals surface area contributed by atoms with Crippen LogP contribution < -0.4 is 18.5 Å². The van der Waals surface area contributed by atoms with Crippen molar-refractivity contribution in [3.05, 3.63) is 103 Å². The normalized spacial score (nSPS) is 11.0. The fourth-order valence-corrected chi connectivity index (χ4v) is 7.02. The number of aromatic nitrogens is 4. The summed E-state index contributed by atoms with van der Waals surface area (Å²) in [6.45, 7) is -2.32. The van der Waals surface area contributed by atoms with Crippen LogP contribution in [0.4, 0.5) is 20.2 Å². The van der Waals surface area contributed by atoms with Crippen LogP contribution in [0.3, 0.4) is 0 Å². The zero-order valence-corrected chi connectivity index (χ0v) is 42.6. The highest BCUT2D eigenvalue weighted by molar-refractivity contribution is 7.92. The number of ether oxygens (including phenoxy) is 12. The van der Waals surface area contributed by atoms with Gasteiger partial charge in [0.25, 0.3) is 31.2 Å². The van der Waals surface area contributed by atoms with Crippen LogP contribution in [0.15, 0.2) is 71.9 Å². The zero-order chi connectivity index (χ0) is 56.8. The number of benzene rings is 2. The number of para-hydroxylation sites is 2. The summed E-state index contributed by atoms with van der Waals surface area (Å²) in [4.78, 5) is 98.1. The Morgan fingerprint density at radius 2 is 1.05 bits per heavy atom. The van der Waals surface area contributed by atoms with Crippen LogP contribution >= 0.6 is 0 Å².